The molecule has 7 nitrogen and oxygen atoms in total. The second-order valence-electron chi connectivity index (χ2n) is 6.07. The first-order valence-corrected chi connectivity index (χ1v) is 7.87. The van der Waals surface area contributed by atoms with E-state index in [2.05, 4.69) is 5.32 Å². The van der Waals surface area contributed by atoms with Crippen molar-refractivity contribution in [2.75, 3.05) is 7.11 Å². The van der Waals surface area contributed by atoms with E-state index >= 15 is 0 Å². The van der Waals surface area contributed by atoms with E-state index in [1.165, 1.54) is 0 Å². The molecule has 2 atom stereocenters. The number of fused-ring (bicyclic) bond motifs is 1. The fourth-order valence-electron chi connectivity index (χ4n) is 3.32. The van der Waals surface area contributed by atoms with Crippen LogP contribution in [-0.2, 0) is 9.59 Å². The van der Waals surface area contributed by atoms with Gasteiger partial charge in [-0.3, -0.25) is 14.4 Å². The first-order chi connectivity index (χ1) is 12.4. The third kappa shape index (κ3) is 2.72. The van der Waals surface area contributed by atoms with E-state index < -0.39 is 29.8 Å². The van der Waals surface area contributed by atoms with E-state index in [9.17, 15) is 19.5 Å². The lowest BCUT2D eigenvalue weighted by Gasteiger charge is -2.28. The molecule has 2 aromatic carbocycles. The Morgan fingerprint density at radius 3 is 2.65 bits per heavy atom. The number of hydrogen-bond donors (Lipinski definition) is 3. The van der Waals surface area contributed by atoms with Crippen LogP contribution in [0.1, 0.15) is 28.4 Å². The molecule has 3 rings (SSSR count). The number of rotatable bonds is 6. The molecule has 0 spiro atoms. The number of ketones is 1. The van der Waals surface area contributed by atoms with Crippen LogP contribution >= 0.6 is 0 Å². The molecule has 0 fully saturated rings. The molecule has 0 aromatic heterocycles. The minimum Gasteiger partial charge on any atom is -0.497 e. The van der Waals surface area contributed by atoms with Crippen molar-refractivity contribution in [2.45, 2.75) is 18.1 Å². The van der Waals surface area contributed by atoms with Crippen molar-refractivity contribution < 1.29 is 29.3 Å². The molecule has 0 bridgehead atoms. The summed E-state index contributed by atoms with van der Waals surface area (Å²) >= 11 is 0. The third-order valence-electron chi connectivity index (χ3n) is 4.61. The SMILES string of the molecule is COc1cccc(-c2ccc3c(c2)C(=O)C(CC(=O)O)(NC=O)C3O)c1. The zero-order valence-electron chi connectivity index (χ0n) is 13.9. The summed E-state index contributed by atoms with van der Waals surface area (Å²) in [5.41, 5.74) is 0.0859. The summed E-state index contributed by atoms with van der Waals surface area (Å²) in [7, 11) is 1.55. The summed E-state index contributed by atoms with van der Waals surface area (Å²) in [6, 6.07) is 12.1. The smallest absolute Gasteiger partial charge is 0.306 e. The van der Waals surface area contributed by atoms with Gasteiger partial charge in [-0.1, -0.05) is 24.3 Å². The molecule has 2 aromatic rings. The Kier molecular flexibility index (Phi) is 4.48. The Morgan fingerprint density at radius 2 is 2.00 bits per heavy atom. The molecule has 2 unspecified atom stereocenters. The number of nitrogens with one attached hydrogen (secondary N) is 1. The van der Waals surface area contributed by atoms with Gasteiger partial charge in [0.2, 0.25) is 6.41 Å². The number of carbonyl (C=O) groups is 3. The largest absolute Gasteiger partial charge is 0.497 e. The minimum atomic E-state index is -1.90. The highest BCUT2D eigenvalue weighted by Crippen LogP contribution is 2.42. The van der Waals surface area contributed by atoms with Crippen molar-refractivity contribution in [2.24, 2.45) is 0 Å². The average Bonchev–Trinajstić information content (AvgIpc) is 2.83. The average molecular weight is 355 g/mol. The molecular weight excluding hydrogens is 338 g/mol. The molecular formula is C19H17NO6. The maximum Gasteiger partial charge on any atom is 0.306 e. The summed E-state index contributed by atoms with van der Waals surface area (Å²) in [4.78, 5) is 35.1. The fourth-order valence-corrected chi connectivity index (χ4v) is 3.32. The summed E-state index contributed by atoms with van der Waals surface area (Å²) in [5, 5.41) is 21.9. The van der Waals surface area contributed by atoms with Crippen LogP contribution in [0.5, 0.6) is 5.75 Å². The monoisotopic (exact) mass is 355 g/mol. The molecule has 134 valence electrons. The highest BCUT2D eigenvalue weighted by molar-refractivity contribution is 6.11. The van der Waals surface area contributed by atoms with Gasteiger partial charge in [0.25, 0.3) is 0 Å². The molecule has 3 N–H and O–H groups in total. The Hall–Kier alpha value is -3.19. The summed E-state index contributed by atoms with van der Waals surface area (Å²) < 4.78 is 5.19. The van der Waals surface area contributed by atoms with Crippen molar-refractivity contribution in [1.82, 2.24) is 5.32 Å². The van der Waals surface area contributed by atoms with Gasteiger partial charge in [0.1, 0.15) is 17.4 Å². The van der Waals surface area contributed by atoms with Crippen LogP contribution in [0.4, 0.5) is 0 Å². The fraction of sp³-hybridized carbons (Fsp3) is 0.211. The van der Waals surface area contributed by atoms with E-state index in [1.807, 2.05) is 6.07 Å². The van der Waals surface area contributed by atoms with Crippen LogP contribution in [0, 0.1) is 0 Å². The molecule has 1 aliphatic carbocycles. The number of hydrogen-bond acceptors (Lipinski definition) is 5. The maximum absolute atomic E-state index is 12.9. The molecule has 0 aliphatic heterocycles. The second-order valence-corrected chi connectivity index (χ2v) is 6.07. The van der Waals surface area contributed by atoms with Gasteiger partial charge < -0.3 is 20.3 Å². The number of aliphatic carboxylic acids is 1. The number of Topliss-reactive ketones (excluding diaryl/α,β-unsaturated/α-hetero) is 1. The number of carboxylic acids is 1. The first kappa shape index (κ1) is 17.6. The summed E-state index contributed by atoms with van der Waals surface area (Å²) in [5.74, 6) is -1.27. The quantitative estimate of drug-likeness (QED) is 0.678. The van der Waals surface area contributed by atoms with Crippen LogP contribution in [0.2, 0.25) is 0 Å². The zero-order valence-corrected chi connectivity index (χ0v) is 13.9. The molecule has 0 radical (unpaired) electrons. The summed E-state index contributed by atoms with van der Waals surface area (Å²) in [6.45, 7) is 0. The standard InChI is InChI=1S/C19H17NO6/c1-26-13-4-2-3-11(7-13)12-5-6-14-15(8-12)18(25)19(17(14)24,20-10-21)9-16(22)23/h2-8,10,17,24H,9H2,1H3,(H,20,21)(H,22,23). The zero-order chi connectivity index (χ0) is 18.9. The van der Waals surface area contributed by atoms with Crippen LogP contribution in [0.25, 0.3) is 11.1 Å². The van der Waals surface area contributed by atoms with Crippen molar-refractivity contribution in [1.29, 1.82) is 0 Å². The van der Waals surface area contributed by atoms with Gasteiger partial charge in [-0.05, 0) is 34.9 Å². The topological polar surface area (TPSA) is 113 Å². The third-order valence-corrected chi connectivity index (χ3v) is 4.61. The van der Waals surface area contributed by atoms with Gasteiger partial charge in [0.15, 0.2) is 5.78 Å². The van der Waals surface area contributed by atoms with Gasteiger partial charge in [0, 0.05) is 5.56 Å². The van der Waals surface area contributed by atoms with Crippen LogP contribution < -0.4 is 10.1 Å². The number of aliphatic hydroxyl groups excluding tert-OH is 1. The number of ether oxygens (including phenoxy) is 1. The molecule has 0 saturated heterocycles. The van der Waals surface area contributed by atoms with E-state index in [-0.39, 0.29) is 17.5 Å². The van der Waals surface area contributed by atoms with E-state index in [0.717, 1.165) is 5.56 Å². The van der Waals surface area contributed by atoms with Crippen LogP contribution in [0.3, 0.4) is 0 Å². The Labute approximate surface area is 149 Å². The van der Waals surface area contributed by atoms with Gasteiger partial charge >= 0.3 is 5.97 Å². The normalized spacial score (nSPS) is 21.2. The number of methoxy groups -OCH3 is 1. The highest BCUT2D eigenvalue weighted by Gasteiger charge is 2.54. The minimum absolute atomic E-state index is 0.188. The van der Waals surface area contributed by atoms with Gasteiger partial charge in [-0.2, -0.15) is 0 Å². The van der Waals surface area contributed by atoms with Crippen molar-refractivity contribution in [3.8, 4) is 16.9 Å². The van der Waals surface area contributed by atoms with Gasteiger partial charge in [0.05, 0.1) is 13.5 Å². The number of carboxylic acid groups (broad SMARTS) is 1. The second kappa shape index (κ2) is 6.61. The van der Waals surface area contributed by atoms with Crippen LogP contribution in [0.15, 0.2) is 42.5 Å². The van der Waals surface area contributed by atoms with Crippen molar-refractivity contribution in [3.05, 3.63) is 53.6 Å². The lowest BCUT2D eigenvalue weighted by Crippen LogP contribution is -2.53. The van der Waals surface area contributed by atoms with Gasteiger partial charge in [-0.25, -0.2) is 0 Å². The Balaban J connectivity index is 2.08. The predicted molar refractivity (Wildman–Crippen MR) is 91.9 cm³/mol. The van der Waals surface area contributed by atoms with Crippen molar-refractivity contribution in [3.63, 3.8) is 0 Å². The van der Waals surface area contributed by atoms with Crippen LogP contribution in [-0.4, -0.2) is 41.0 Å². The predicted octanol–water partition coefficient (Wildman–Crippen LogP) is 1.55. The molecule has 1 amide bonds. The van der Waals surface area contributed by atoms with Gasteiger partial charge in [-0.15, -0.1) is 0 Å². The molecule has 0 saturated carbocycles. The number of aliphatic hydroxyl groups is 1. The lowest BCUT2D eigenvalue weighted by atomic mass is 9.88. The molecule has 26 heavy (non-hydrogen) atoms. The number of carbonyl (C=O) groups excluding carboxylic acids is 2. The molecule has 1 aliphatic rings. The molecule has 0 heterocycles. The first-order valence-electron chi connectivity index (χ1n) is 7.87. The highest BCUT2D eigenvalue weighted by atomic mass is 16.5. The van der Waals surface area contributed by atoms with E-state index in [0.29, 0.717) is 11.3 Å². The van der Waals surface area contributed by atoms with E-state index in [4.69, 9.17) is 9.84 Å². The Bertz CT molecular complexity index is 893. The van der Waals surface area contributed by atoms with Crippen molar-refractivity contribution >= 4 is 18.2 Å². The lowest BCUT2D eigenvalue weighted by molar-refractivity contribution is -0.139. The number of amides is 1. The Morgan fingerprint density at radius 1 is 1.27 bits per heavy atom. The van der Waals surface area contributed by atoms with E-state index in [1.54, 1.807) is 43.5 Å². The number of benzene rings is 2. The summed E-state index contributed by atoms with van der Waals surface area (Å²) in [6.07, 6.45) is -1.92. The maximum atomic E-state index is 12.9. The molecule has 7 heteroatoms.